The van der Waals surface area contributed by atoms with Crippen LogP contribution in [0.5, 0.6) is 0 Å². The molecule has 1 unspecified atom stereocenters. The van der Waals surface area contributed by atoms with Gasteiger partial charge in [-0.3, -0.25) is 9.59 Å². The van der Waals surface area contributed by atoms with Crippen molar-refractivity contribution in [3.63, 3.8) is 0 Å². The SMILES string of the molecule is CC(C)c1cnn2c(NCc3cccc(NC(=O)C4CCCCN4C(=O)/C=C/CN(C)C)c3)nc(NC3CCOCC3)nc12. The third-order valence-corrected chi connectivity index (χ3v) is 8.04. The summed E-state index contributed by atoms with van der Waals surface area (Å²) >= 11 is 0. The van der Waals surface area contributed by atoms with Gasteiger partial charge in [-0.1, -0.05) is 32.1 Å². The molecule has 0 radical (unpaired) electrons. The first-order valence-corrected chi connectivity index (χ1v) is 15.6. The number of likely N-dealkylation sites (tertiary alicyclic amines) is 1. The lowest BCUT2D eigenvalue weighted by atomic mass is 10.0. The molecule has 12 heteroatoms. The highest BCUT2D eigenvalue weighted by atomic mass is 16.5. The van der Waals surface area contributed by atoms with Crippen LogP contribution in [0.1, 0.15) is 63.0 Å². The molecule has 44 heavy (non-hydrogen) atoms. The Balaban J connectivity index is 1.28. The highest BCUT2D eigenvalue weighted by Gasteiger charge is 2.31. The molecule has 0 saturated carbocycles. The van der Waals surface area contributed by atoms with Crippen molar-refractivity contribution in [2.45, 2.75) is 70.5 Å². The molecule has 1 aromatic carbocycles. The van der Waals surface area contributed by atoms with E-state index in [-0.39, 0.29) is 23.8 Å². The number of ether oxygens (including phenoxy) is 1. The van der Waals surface area contributed by atoms with Gasteiger partial charge in [0.05, 0.1) is 6.20 Å². The van der Waals surface area contributed by atoms with Gasteiger partial charge in [0.1, 0.15) is 6.04 Å². The molecule has 0 spiro atoms. The van der Waals surface area contributed by atoms with E-state index in [0.29, 0.717) is 43.6 Å². The molecule has 1 atom stereocenters. The highest BCUT2D eigenvalue weighted by molar-refractivity contribution is 5.99. The average Bonchev–Trinajstić information content (AvgIpc) is 3.45. The summed E-state index contributed by atoms with van der Waals surface area (Å²) in [6.07, 6.45) is 9.55. The summed E-state index contributed by atoms with van der Waals surface area (Å²) in [4.78, 5) is 39.5. The summed E-state index contributed by atoms with van der Waals surface area (Å²) in [5, 5.41) is 14.6. The number of rotatable bonds is 11. The Hall–Kier alpha value is -4.03. The van der Waals surface area contributed by atoms with Crippen molar-refractivity contribution in [2.24, 2.45) is 0 Å². The van der Waals surface area contributed by atoms with Crippen LogP contribution in [0.3, 0.4) is 0 Å². The fourth-order valence-electron chi connectivity index (χ4n) is 5.60. The van der Waals surface area contributed by atoms with Crippen molar-refractivity contribution in [1.29, 1.82) is 0 Å². The van der Waals surface area contributed by atoms with Crippen molar-refractivity contribution in [3.8, 4) is 0 Å². The Labute approximate surface area is 259 Å². The van der Waals surface area contributed by atoms with Crippen LogP contribution < -0.4 is 16.0 Å². The van der Waals surface area contributed by atoms with E-state index in [0.717, 1.165) is 55.7 Å². The molecule has 4 heterocycles. The Morgan fingerprint density at radius 1 is 1.14 bits per heavy atom. The maximum atomic E-state index is 13.4. The number of hydrogen-bond acceptors (Lipinski definition) is 9. The van der Waals surface area contributed by atoms with Gasteiger partial charge in [-0.25, -0.2) is 0 Å². The Kier molecular flexibility index (Phi) is 10.4. The molecule has 3 N–H and O–H groups in total. The smallest absolute Gasteiger partial charge is 0.247 e. The number of carbonyl (C=O) groups is 2. The number of hydrogen-bond donors (Lipinski definition) is 3. The zero-order valence-electron chi connectivity index (χ0n) is 26.3. The van der Waals surface area contributed by atoms with Gasteiger partial charge in [-0.15, -0.1) is 0 Å². The van der Waals surface area contributed by atoms with Gasteiger partial charge < -0.3 is 30.5 Å². The molecule has 2 aromatic heterocycles. The first kappa shape index (κ1) is 31.4. The minimum Gasteiger partial charge on any atom is -0.381 e. The summed E-state index contributed by atoms with van der Waals surface area (Å²) in [7, 11) is 3.90. The van der Waals surface area contributed by atoms with Gasteiger partial charge in [0.25, 0.3) is 0 Å². The van der Waals surface area contributed by atoms with Gasteiger partial charge in [-0.2, -0.15) is 19.6 Å². The first-order chi connectivity index (χ1) is 21.3. The standard InChI is InChI=1S/C32H45N9O3/c1-22(2)26-21-34-41-29(26)37-31(36-24-13-17-44-18-14-24)38-32(41)33-20-23-9-7-10-25(19-23)35-30(43)27-11-5-6-16-40(27)28(42)12-8-15-39(3)4/h7-10,12,19,21-22,24,27H,5-6,11,13-18,20H2,1-4H3,(H,35,43)(H2,33,36,37,38)/b12-8+. The van der Waals surface area contributed by atoms with Crippen LogP contribution >= 0.6 is 0 Å². The van der Waals surface area contributed by atoms with Crippen LogP contribution in [0.25, 0.3) is 5.65 Å². The summed E-state index contributed by atoms with van der Waals surface area (Å²) in [6.45, 7) is 7.43. The Morgan fingerprint density at radius 2 is 1.95 bits per heavy atom. The van der Waals surface area contributed by atoms with E-state index in [1.807, 2.05) is 55.5 Å². The van der Waals surface area contributed by atoms with Crippen LogP contribution in [0.4, 0.5) is 17.6 Å². The number of anilines is 3. The molecule has 2 amide bonds. The van der Waals surface area contributed by atoms with Crippen molar-refractivity contribution < 1.29 is 14.3 Å². The first-order valence-electron chi connectivity index (χ1n) is 15.6. The molecule has 2 aliphatic heterocycles. The maximum absolute atomic E-state index is 13.4. The summed E-state index contributed by atoms with van der Waals surface area (Å²) in [5.41, 5.74) is 3.48. The second-order valence-electron chi connectivity index (χ2n) is 12.1. The van der Waals surface area contributed by atoms with Crippen LogP contribution in [-0.4, -0.2) is 93.7 Å². The van der Waals surface area contributed by atoms with Crippen molar-refractivity contribution in [1.82, 2.24) is 29.4 Å². The fourth-order valence-corrected chi connectivity index (χ4v) is 5.60. The largest absolute Gasteiger partial charge is 0.381 e. The Morgan fingerprint density at radius 3 is 2.73 bits per heavy atom. The Bertz CT molecular complexity index is 1460. The molecule has 3 aromatic rings. The molecule has 236 valence electrons. The molecule has 0 bridgehead atoms. The number of nitrogens with zero attached hydrogens (tertiary/aromatic N) is 6. The second-order valence-corrected chi connectivity index (χ2v) is 12.1. The summed E-state index contributed by atoms with van der Waals surface area (Å²) in [6, 6.07) is 7.49. The van der Waals surface area contributed by atoms with Gasteiger partial charge >= 0.3 is 0 Å². The topological polar surface area (TPSA) is 129 Å². The average molecular weight is 604 g/mol. The van der Waals surface area contributed by atoms with Crippen LogP contribution in [0.2, 0.25) is 0 Å². The molecule has 2 fully saturated rings. The molecule has 5 rings (SSSR count). The van der Waals surface area contributed by atoms with E-state index < -0.39 is 6.04 Å². The highest BCUT2D eigenvalue weighted by Crippen LogP contribution is 2.24. The van der Waals surface area contributed by atoms with Crippen molar-refractivity contribution in [2.75, 3.05) is 56.3 Å². The van der Waals surface area contributed by atoms with Gasteiger partial charge in [0.15, 0.2) is 5.65 Å². The number of carbonyl (C=O) groups excluding carboxylic acids is 2. The number of piperidine rings is 1. The van der Waals surface area contributed by atoms with E-state index in [1.165, 1.54) is 0 Å². The minimum absolute atomic E-state index is 0.120. The number of aromatic nitrogens is 4. The molecular formula is C32H45N9O3. The molecule has 0 aliphatic carbocycles. The van der Waals surface area contributed by atoms with E-state index in [1.54, 1.807) is 15.5 Å². The minimum atomic E-state index is -0.493. The van der Waals surface area contributed by atoms with Gasteiger partial charge in [0, 0.05) is 56.2 Å². The normalized spacial score (nSPS) is 18.0. The summed E-state index contributed by atoms with van der Waals surface area (Å²) in [5.74, 6) is 1.13. The van der Waals surface area contributed by atoms with Crippen LogP contribution in [-0.2, 0) is 20.9 Å². The second kappa shape index (κ2) is 14.6. The third kappa shape index (κ3) is 7.92. The number of benzene rings is 1. The predicted molar refractivity (Wildman–Crippen MR) is 172 cm³/mol. The number of amides is 2. The summed E-state index contributed by atoms with van der Waals surface area (Å²) < 4.78 is 7.25. The maximum Gasteiger partial charge on any atom is 0.247 e. The van der Waals surface area contributed by atoms with Crippen molar-refractivity contribution in [3.05, 3.63) is 53.7 Å². The van der Waals surface area contributed by atoms with Crippen LogP contribution in [0.15, 0.2) is 42.6 Å². The quantitative estimate of drug-likeness (QED) is 0.280. The van der Waals surface area contributed by atoms with E-state index in [4.69, 9.17) is 14.7 Å². The van der Waals surface area contributed by atoms with Crippen LogP contribution in [0, 0.1) is 0 Å². The lowest BCUT2D eigenvalue weighted by molar-refractivity contribution is -0.136. The molecule has 2 aliphatic rings. The van der Waals surface area contributed by atoms with Gasteiger partial charge in [0.2, 0.25) is 23.7 Å². The van der Waals surface area contributed by atoms with Gasteiger partial charge in [-0.05, 0) is 69.8 Å². The number of likely N-dealkylation sites (N-methyl/N-ethyl adjacent to an activating group) is 1. The number of nitrogens with one attached hydrogen (secondary N) is 3. The lowest BCUT2D eigenvalue weighted by Gasteiger charge is -2.34. The zero-order valence-corrected chi connectivity index (χ0v) is 26.3. The predicted octanol–water partition coefficient (Wildman–Crippen LogP) is 3.89. The monoisotopic (exact) mass is 603 g/mol. The molecule has 12 nitrogen and oxygen atoms in total. The lowest BCUT2D eigenvalue weighted by Crippen LogP contribution is -2.49. The van der Waals surface area contributed by atoms with E-state index in [9.17, 15) is 9.59 Å². The number of fused-ring (bicyclic) bond motifs is 1. The molecular weight excluding hydrogens is 558 g/mol. The fraction of sp³-hybridized carbons (Fsp3) is 0.531. The third-order valence-electron chi connectivity index (χ3n) is 8.04. The zero-order chi connectivity index (χ0) is 31.1. The van der Waals surface area contributed by atoms with E-state index >= 15 is 0 Å². The van der Waals surface area contributed by atoms with Crippen molar-refractivity contribution >= 4 is 35.0 Å². The van der Waals surface area contributed by atoms with E-state index in [2.05, 4.69) is 34.9 Å². The molecule has 2 saturated heterocycles.